The third-order valence-electron chi connectivity index (χ3n) is 5.45. The van der Waals surface area contributed by atoms with Gasteiger partial charge in [-0.05, 0) is 33.9 Å². The van der Waals surface area contributed by atoms with Crippen molar-refractivity contribution in [2.45, 2.75) is 43.9 Å². The van der Waals surface area contributed by atoms with Crippen LogP contribution >= 0.6 is 11.8 Å². The SMILES string of the molecule is CC(C)SCCNC(=O)C(CCC(=O)O)NC(=O)OCC1c2ccccc2-c2ccccc21. The molecule has 0 saturated carbocycles. The molecule has 0 radical (unpaired) electrons. The Balaban J connectivity index is 1.59. The molecule has 0 aromatic heterocycles. The highest BCUT2D eigenvalue weighted by molar-refractivity contribution is 7.99. The van der Waals surface area contributed by atoms with Crippen LogP contribution in [-0.4, -0.2) is 53.3 Å². The summed E-state index contributed by atoms with van der Waals surface area (Å²) in [5.74, 6) is -0.797. The van der Waals surface area contributed by atoms with Gasteiger partial charge >= 0.3 is 12.1 Å². The van der Waals surface area contributed by atoms with Gasteiger partial charge in [-0.25, -0.2) is 4.79 Å². The molecule has 0 aliphatic heterocycles. The fourth-order valence-electron chi connectivity index (χ4n) is 3.91. The molecule has 1 atom stereocenters. The highest BCUT2D eigenvalue weighted by atomic mass is 32.2. The second-order valence-electron chi connectivity index (χ2n) is 8.17. The van der Waals surface area contributed by atoms with E-state index in [1.807, 2.05) is 36.4 Å². The van der Waals surface area contributed by atoms with Gasteiger partial charge in [0.25, 0.3) is 0 Å². The molecule has 8 heteroatoms. The first kappa shape index (κ1) is 24.6. The van der Waals surface area contributed by atoms with Crippen LogP contribution in [0.2, 0.25) is 0 Å². The largest absolute Gasteiger partial charge is 0.481 e. The number of thioether (sulfide) groups is 1. The van der Waals surface area contributed by atoms with Gasteiger partial charge in [0.1, 0.15) is 12.6 Å². The number of nitrogens with one attached hydrogen (secondary N) is 2. The topological polar surface area (TPSA) is 105 Å². The molecule has 3 rings (SSSR count). The quantitative estimate of drug-likeness (QED) is 0.429. The number of fused-ring (bicyclic) bond motifs is 3. The van der Waals surface area contributed by atoms with E-state index in [0.717, 1.165) is 28.0 Å². The molecule has 1 unspecified atom stereocenters. The molecule has 7 nitrogen and oxygen atoms in total. The van der Waals surface area contributed by atoms with E-state index >= 15 is 0 Å². The maximum atomic E-state index is 12.5. The van der Waals surface area contributed by atoms with Gasteiger partial charge in [-0.2, -0.15) is 11.8 Å². The highest BCUT2D eigenvalue weighted by Gasteiger charge is 2.29. The summed E-state index contributed by atoms with van der Waals surface area (Å²) >= 11 is 1.71. The van der Waals surface area contributed by atoms with Crippen molar-refractivity contribution in [3.63, 3.8) is 0 Å². The van der Waals surface area contributed by atoms with E-state index in [4.69, 9.17) is 9.84 Å². The minimum Gasteiger partial charge on any atom is -0.481 e. The second kappa shape index (κ2) is 11.7. The average molecular weight is 471 g/mol. The summed E-state index contributed by atoms with van der Waals surface area (Å²) in [4.78, 5) is 36.1. The van der Waals surface area contributed by atoms with Crippen molar-refractivity contribution >= 4 is 29.7 Å². The number of carboxylic acid groups (broad SMARTS) is 1. The summed E-state index contributed by atoms with van der Waals surface area (Å²) in [6.07, 6.45) is -0.982. The Bertz CT molecular complexity index is 949. The Labute approximate surface area is 198 Å². The third kappa shape index (κ3) is 6.74. The number of carboxylic acids is 1. The van der Waals surface area contributed by atoms with Crippen LogP contribution in [0.5, 0.6) is 0 Å². The van der Waals surface area contributed by atoms with Gasteiger partial charge in [0.05, 0.1) is 0 Å². The van der Waals surface area contributed by atoms with Gasteiger partial charge in [-0.15, -0.1) is 0 Å². The van der Waals surface area contributed by atoms with Crippen LogP contribution in [0.1, 0.15) is 43.7 Å². The zero-order valence-electron chi connectivity index (χ0n) is 18.9. The fraction of sp³-hybridized carbons (Fsp3) is 0.400. The first-order chi connectivity index (χ1) is 15.9. The lowest BCUT2D eigenvalue weighted by Gasteiger charge is -2.19. The van der Waals surface area contributed by atoms with Gasteiger partial charge in [-0.1, -0.05) is 62.4 Å². The number of hydrogen-bond acceptors (Lipinski definition) is 5. The molecule has 3 N–H and O–H groups in total. The summed E-state index contributed by atoms with van der Waals surface area (Å²) in [6.45, 7) is 4.71. The molecule has 2 aromatic rings. The van der Waals surface area contributed by atoms with Crippen LogP contribution in [-0.2, 0) is 14.3 Å². The fourth-order valence-corrected chi connectivity index (χ4v) is 4.60. The molecule has 0 bridgehead atoms. The van der Waals surface area contributed by atoms with E-state index in [1.54, 1.807) is 11.8 Å². The average Bonchev–Trinajstić information content (AvgIpc) is 3.11. The van der Waals surface area contributed by atoms with Crippen molar-refractivity contribution < 1.29 is 24.2 Å². The molecule has 1 aliphatic rings. The van der Waals surface area contributed by atoms with Crippen LogP contribution in [0, 0.1) is 0 Å². The van der Waals surface area contributed by atoms with Crippen LogP contribution in [0.15, 0.2) is 48.5 Å². The summed E-state index contributed by atoms with van der Waals surface area (Å²) in [6, 6.07) is 15.1. The molecule has 2 amide bonds. The van der Waals surface area contributed by atoms with Gasteiger partial charge < -0.3 is 20.5 Å². The Hall–Kier alpha value is -3.00. The highest BCUT2D eigenvalue weighted by Crippen LogP contribution is 2.44. The molecule has 2 aromatic carbocycles. The molecular weight excluding hydrogens is 440 g/mol. The Kier molecular flexibility index (Phi) is 8.77. The molecule has 1 aliphatic carbocycles. The summed E-state index contributed by atoms with van der Waals surface area (Å²) in [5.41, 5.74) is 4.43. The third-order valence-corrected chi connectivity index (χ3v) is 6.56. The molecule has 0 heterocycles. The van der Waals surface area contributed by atoms with Gasteiger partial charge in [0.2, 0.25) is 5.91 Å². The number of hydrogen-bond donors (Lipinski definition) is 3. The first-order valence-corrected chi connectivity index (χ1v) is 12.1. The van der Waals surface area contributed by atoms with Crippen molar-refractivity contribution in [3.05, 3.63) is 59.7 Å². The van der Waals surface area contributed by atoms with E-state index < -0.39 is 24.0 Å². The molecule has 33 heavy (non-hydrogen) atoms. The number of rotatable bonds is 11. The number of aliphatic carboxylic acids is 1. The van der Waals surface area contributed by atoms with Crippen molar-refractivity contribution in [2.24, 2.45) is 0 Å². The monoisotopic (exact) mass is 470 g/mol. The van der Waals surface area contributed by atoms with Crippen LogP contribution < -0.4 is 10.6 Å². The Morgan fingerprint density at radius 1 is 1.03 bits per heavy atom. The Morgan fingerprint density at radius 3 is 2.21 bits per heavy atom. The molecule has 0 fully saturated rings. The number of carbonyl (C=O) groups is 3. The lowest BCUT2D eigenvalue weighted by atomic mass is 9.98. The predicted molar refractivity (Wildman–Crippen MR) is 129 cm³/mol. The number of carbonyl (C=O) groups excluding carboxylic acids is 2. The zero-order valence-corrected chi connectivity index (χ0v) is 19.7. The van der Waals surface area contributed by atoms with Gasteiger partial charge in [0.15, 0.2) is 0 Å². The van der Waals surface area contributed by atoms with Crippen molar-refractivity contribution in [1.29, 1.82) is 0 Å². The van der Waals surface area contributed by atoms with Crippen LogP contribution in [0.4, 0.5) is 4.79 Å². The standard InChI is InChI=1S/C25H30N2O5S/c1-16(2)33-14-13-26-24(30)22(11-12-23(28)29)27-25(31)32-15-21-19-9-5-3-7-17(19)18-8-4-6-10-20(18)21/h3-10,16,21-22H,11-15H2,1-2H3,(H,26,30)(H,27,31)(H,28,29). The maximum absolute atomic E-state index is 12.5. The predicted octanol–water partition coefficient (Wildman–Crippen LogP) is 4.02. The smallest absolute Gasteiger partial charge is 0.407 e. The van der Waals surface area contributed by atoms with E-state index in [-0.39, 0.29) is 25.4 Å². The first-order valence-electron chi connectivity index (χ1n) is 11.1. The van der Waals surface area contributed by atoms with Crippen molar-refractivity contribution in [2.75, 3.05) is 18.9 Å². The van der Waals surface area contributed by atoms with Gasteiger partial charge in [0, 0.05) is 24.6 Å². The van der Waals surface area contributed by atoms with Crippen LogP contribution in [0.25, 0.3) is 11.1 Å². The minimum atomic E-state index is -1.03. The van der Waals surface area contributed by atoms with E-state index in [0.29, 0.717) is 11.8 Å². The lowest BCUT2D eigenvalue weighted by molar-refractivity contribution is -0.137. The Morgan fingerprint density at radius 2 is 1.64 bits per heavy atom. The summed E-state index contributed by atoms with van der Waals surface area (Å²) < 4.78 is 5.50. The van der Waals surface area contributed by atoms with Crippen molar-refractivity contribution in [3.8, 4) is 11.1 Å². The molecule has 0 spiro atoms. The molecule has 176 valence electrons. The zero-order chi connectivity index (χ0) is 23.8. The van der Waals surface area contributed by atoms with E-state index in [1.165, 1.54) is 0 Å². The number of alkyl carbamates (subject to hydrolysis) is 1. The number of benzene rings is 2. The van der Waals surface area contributed by atoms with E-state index in [2.05, 4.69) is 36.6 Å². The molecule has 0 saturated heterocycles. The second-order valence-corrected chi connectivity index (χ2v) is 9.85. The summed E-state index contributed by atoms with van der Waals surface area (Å²) in [7, 11) is 0. The van der Waals surface area contributed by atoms with Crippen molar-refractivity contribution in [1.82, 2.24) is 10.6 Å². The van der Waals surface area contributed by atoms with E-state index in [9.17, 15) is 14.4 Å². The number of amides is 2. The minimum absolute atomic E-state index is 0.0112. The van der Waals surface area contributed by atoms with Gasteiger partial charge in [-0.3, -0.25) is 9.59 Å². The maximum Gasteiger partial charge on any atom is 0.407 e. The summed E-state index contributed by atoms with van der Waals surface area (Å²) in [5, 5.41) is 14.8. The number of ether oxygens (including phenoxy) is 1. The normalized spacial score (nSPS) is 13.2. The lowest BCUT2D eigenvalue weighted by Crippen LogP contribution is -2.47. The molecular formula is C25H30N2O5S. The van der Waals surface area contributed by atoms with Crippen LogP contribution in [0.3, 0.4) is 0 Å².